The number of fused-ring (bicyclic) bond motifs is 5. The van der Waals surface area contributed by atoms with Gasteiger partial charge in [-0.1, -0.05) is 55.4 Å². The molecular formula is C31H58O2Si2. The molecule has 4 aliphatic carbocycles. The Bertz CT molecular complexity index is 832. The lowest BCUT2D eigenvalue weighted by molar-refractivity contribution is -0.119. The minimum absolute atomic E-state index is 0.260. The van der Waals surface area contributed by atoms with Gasteiger partial charge in [-0.25, -0.2) is 0 Å². The summed E-state index contributed by atoms with van der Waals surface area (Å²) in [6, 6.07) is 0. The summed E-state index contributed by atoms with van der Waals surface area (Å²) in [6.07, 6.45) is 13.8. The Morgan fingerprint density at radius 1 is 0.800 bits per heavy atom. The lowest BCUT2D eigenvalue weighted by Gasteiger charge is -2.61. The van der Waals surface area contributed by atoms with Crippen LogP contribution in [0.25, 0.3) is 0 Å². The molecule has 3 saturated carbocycles. The summed E-state index contributed by atoms with van der Waals surface area (Å²) in [5.41, 5.74) is 0.781. The predicted molar refractivity (Wildman–Crippen MR) is 156 cm³/mol. The van der Waals surface area contributed by atoms with Crippen molar-refractivity contribution in [2.75, 3.05) is 0 Å². The van der Waals surface area contributed by atoms with Gasteiger partial charge in [0.1, 0.15) is 0 Å². The molecule has 0 aromatic heterocycles. The fraction of sp³-hybridized carbons (Fsp3) is 0.935. The molecule has 4 aliphatic rings. The molecule has 2 nitrogen and oxygen atoms in total. The lowest BCUT2D eigenvalue weighted by Crippen LogP contribution is -2.55. The number of hydrogen-bond acceptors (Lipinski definition) is 2. The predicted octanol–water partition coefficient (Wildman–Crippen LogP) is 9.94. The van der Waals surface area contributed by atoms with E-state index in [0.717, 1.165) is 23.7 Å². The van der Waals surface area contributed by atoms with Crippen molar-refractivity contribution in [3.05, 3.63) is 11.8 Å². The van der Waals surface area contributed by atoms with Crippen molar-refractivity contribution in [3.8, 4) is 0 Å². The molecule has 7 atom stereocenters. The fourth-order valence-electron chi connectivity index (χ4n) is 8.03. The second-order valence-electron chi connectivity index (χ2n) is 16.6. The molecule has 4 heteroatoms. The molecule has 0 bridgehead atoms. The minimum Gasteiger partial charge on any atom is -0.546 e. The highest BCUT2D eigenvalue weighted by Crippen LogP contribution is 2.67. The molecule has 4 rings (SSSR count). The van der Waals surface area contributed by atoms with Crippen molar-refractivity contribution in [2.24, 2.45) is 34.5 Å². The Morgan fingerprint density at radius 2 is 1.43 bits per heavy atom. The van der Waals surface area contributed by atoms with Gasteiger partial charge in [0.15, 0.2) is 8.32 Å². The maximum atomic E-state index is 7.02. The van der Waals surface area contributed by atoms with Crippen molar-refractivity contribution in [1.29, 1.82) is 0 Å². The van der Waals surface area contributed by atoms with E-state index in [0.29, 0.717) is 16.6 Å². The normalized spacial score (nSPS) is 40.5. The largest absolute Gasteiger partial charge is 0.546 e. The number of rotatable bonds is 4. The van der Waals surface area contributed by atoms with Crippen molar-refractivity contribution >= 4 is 16.6 Å². The molecule has 0 aromatic rings. The van der Waals surface area contributed by atoms with Gasteiger partial charge in [0, 0.05) is 11.5 Å². The summed E-state index contributed by atoms with van der Waals surface area (Å²) in [5, 5.41) is 0.565. The van der Waals surface area contributed by atoms with Crippen molar-refractivity contribution in [3.63, 3.8) is 0 Å². The van der Waals surface area contributed by atoms with Crippen LogP contribution >= 0.6 is 0 Å². The van der Waals surface area contributed by atoms with Gasteiger partial charge in [-0.05, 0) is 123 Å². The molecule has 3 unspecified atom stereocenters. The van der Waals surface area contributed by atoms with Crippen LogP contribution in [0, 0.1) is 34.5 Å². The molecule has 202 valence electrons. The number of hydrogen-bond donors (Lipinski definition) is 0. The molecule has 0 saturated heterocycles. The molecule has 3 fully saturated rings. The van der Waals surface area contributed by atoms with Crippen LogP contribution in [-0.2, 0) is 8.85 Å². The monoisotopic (exact) mass is 518 g/mol. The molecule has 0 spiro atoms. The molecule has 35 heavy (non-hydrogen) atoms. The van der Waals surface area contributed by atoms with Gasteiger partial charge in [0.05, 0.1) is 5.76 Å². The first-order valence-corrected chi connectivity index (χ1v) is 20.7. The second-order valence-corrected chi connectivity index (χ2v) is 26.0. The van der Waals surface area contributed by atoms with E-state index in [1.807, 2.05) is 0 Å². The summed E-state index contributed by atoms with van der Waals surface area (Å²) in [7, 11) is -3.49. The Labute approximate surface area is 220 Å². The Balaban J connectivity index is 1.47. The van der Waals surface area contributed by atoms with Gasteiger partial charge < -0.3 is 8.85 Å². The first-order chi connectivity index (χ1) is 15.8. The van der Waals surface area contributed by atoms with E-state index >= 15 is 0 Å². The van der Waals surface area contributed by atoms with Crippen LogP contribution in [0.15, 0.2) is 11.8 Å². The Hall–Kier alpha value is -0.0662. The zero-order valence-electron chi connectivity index (χ0n) is 25.4. The Morgan fingerprint density at radius 3 is 2.03 bits per heavy atom. The highest BCUT2D eigenvalue weighted by molar-refractivity contribution is 6.74. The van der Waals surface area contributed by atoms with Gasteiger partial charge in [-0.2, -0.15) is 0 Å². The summed E-state index contributed by atoms with van der Waals surface area (Å²) in [6.45, 7) is 29.3. The molecule has 0 heterocycles. The smallest absolute Gasteiger partial charge is 0.250 e. The molecule has 0 radical (unpaired) electrons. The highest BCUT2D eigenvalue weighted by atomic mass is 28.4. The summed E-state index contributed by atoms with van der Waals surface area (Å²) < 4.78 is 14.0. The zero-order chi connectivity index (χ0) is 26.2. The highest BCUT2D eigenvalue weighted by Gasteiger charge is 2.60. The average molecular weight is 519 g/mol. The molecule has 0 aromatic carbocycles. The van der Waals surface area contributed by atoms with Crippen molar-refractivity contribution < 1.29 is 8.85 Å². The van der Waals surface area contributed by atoms with Gasteiger partial charge in [-0.3, -0.25) is 0 Å². The van der Waals surface area contributed by atoms with Crippen LogP contribution < -0.4 is 0 Å². The third-order valence-electron chi connectivity index (χ3n) is 12.6. The molecule has 0 N–H and O–H groups in total. The van der Waals surface area contributed by atoms with Crippen LogP contribution in [-0.4, -0.2) is 22.7 Å². The third-order valence-corrected chi connectivity index (χ3v) is 21.4. The Kier molecular flexibility index (Phi) is 6.97. The topological polar surface area (TPSA) is 18.5 Å². The maximum absolute atomic E-state index is 7.02. The SMILES string of the molecule is CC(C)(C)[Si](C)(C)OC1=CCC2C3CC[C@@H]4C[C@H](O[Si](C)(C)C(C)(C)C)CC[C@]4(C)C3CC[C@]12C. The fourth-order valence-corrected chi connectivity index (χ4v) is 10.6. The van der Waals surface area contributed by atoms with Gasteiger partial charge >= 0.3 is 0 Å². The van der Waals surface area contributed by atoms with Crippen molar-refractivity contribution in [2.45, 2.75) is 149 Å². The van der Waals surface area contributed by atoms with E-state index in [4.69, 9.17) is 8.85 Å². The first-order valence-electron chi connectivity index (χ1n) is 14.9. The lowest BCUT2D eigenvalue weighted by atomic mass is 9.45. The van der Waals surface area contributed by atoms with Gasteiger partial charge in [0.2, 0.25) is 8.32 Å². The van der Waals surface area contributed by atoms with E-state index < -0.39 is 16.6 Å². The average Bonchev–Trinajstić information content (AvgIpc) is 3.02. The first kappa shape index (κ1) is 28.0. The van der Waals surface area contributed by atoms with Crippen LogP contribution in [0.2, 0.25) is 36.3 Å². The summed E-state index contributed by atoms with van der Waals surface area (Å²) in [5.74, 6) is 4.80. The van der Waals surface area contributed by atoms with E-state index in [9.17, 15) is 0 Å². The van der Waals surface area contributed by atoms with Crippen LogP contribution in [0.5, 0.6) is 0 Å². The number of allylic oxidation sites excluding steroid dienone is 2. The second kappa shape index (κ2) is 8.73. The van der Waals surface area contributed by atoms with E-state index in [2.05, 4.69) is 87.7 Å². The molecule has 0 amide bonds. The third kappa shape index (κ3) is 4.69. The maximum Gasteiger partial charge on any atom is 0.250 e. The van der Waals surface area contributed by atoms with Gasteiger partial charge in [-0.15, -0.1) is 0 Å². The standard InChI is InChI=1S/C31H58O2Si2/c1-28(2,3)34(9,10)32-23-17-19-30(7)22(21-23)13-14-24-25-15-16-27(31(25,8)20-18-26(24)30)33-35(11,12)29(4,5)6/h16,22-26H,13-15,17-21H2,1-12H3/t22-,23-,24?,25?,26?,30+,31+/m1/s1. The van der Waals surface area contributed by atoms with Crippen molar-refractivity contribution in [1.82, 2.24) is 0 Å². The van der Waals surface area contributed by atoms with Crippen LogP contribution in [0.3, 0.4) is 0 Å². The van der Waals surface area contributed by atoms with Crippen LogP contribution in [0.4, 0.5) is 0 Å². The molecule has 0 aliphatic heterocycles. The van der Waals surface area contributed by atoms with E-state index in [1.165, 1.54) is 57.1 Å². The summed E-state index contributed by atoms with van der Waals surface area (Å²) >= 11 is 0. The van der Waals surface area contributed by atoms with E-state index in [1.54, 1.807) is 0 Å². The summed E-state index contributed by atoms with van der Waals surface area (Å²) in [4.78, 5) is 0. The van der Waals surface area contributed by atoms with E-state index in [-0.39, 0.29) is 10.5 Å². The quantitative estimate of drug-likeness (QED) is 0.345. The zero-order valence-corrected chi connectivity index (χ0v) is 27.4. The molecular weight excluding hydrogens is 461 g/mol. The minimum atomic E-state index is -1.80. The van der Waals surface area contributed by atoms with Crippen LogP contribution in [0.1, 0.15) is 107 Å². The van der Waals surface area contributed by atoms with Gasteiger partial charge in [0.25, 0.3) is 0 Å².